The first-order valence-electron chi connectivity index (χ1n) is 8.45. The van der Waals surface area contributed by atoms with Gasteiger partial charge >= 0.3 is 5.97 Å². The van der Waals surface area contributed by atoms with Crippen molar-refractivity contribution in [3.63, 3.8) is 0 Å². The Kier molecular flexibility index (Phi) is 5.14. The molecule has 132 valence electrons. The van der Waals surface area contributed by atoms with Crippen molar-refractivity contribution >= 4 is 11.8 Å². The molecule has 1 N–H and O–H groups in total. The van der Waals surface area contributed by atoms with E-state index in [2.05, 4.69) is 0 Å². The number of aromatic carboxylic acids is 1. The number of nitriles is 1. The van der Waals surface area contributed by atoms with E-state index in [1.54, 1.807) is 42.5 Å². The van der Waals surface area contributed by atoms with E-state index >= 15 is 0 Å². The fourth-order valence-corrected chi connectivity index (χ4v) is 2.98. The average Bonchev–Trinajstić information content (AvgIpc) is 2.68. The Morgan fingerprint density at radius 2 is 1.63 bits per heavy atom. The number of hydrogen-bond donors (Lipinski definition) is 1. The molecule has 4 nitrogen and oxygen atoms in total. The minimum absolute atomic E-state index is 0.0206. The molecule has 0 aromatic heterocycles. The molecule has 0 atom stereocenters. The second kappa shape index (κ2) is 7.67. The number of rotatable bonds is 5. The second-order valence-corrected chi connectivity index (χ2v) is 6.30. The maximum absolute atomic E-state index is 12.6. The van der Waals surface area contributed by atoms with Crippen LogP contribution in [0.3, 0.4) is 0 Å². The molecule has 0 aliphatic heterocycles. The molecule has 0 fully saturated rings. The van der Waals surface area contributed by atoms with Gasteiger partial charge in [0.15, 0.2) is 5.78 Å². The summed E-state index contributed by atoms with van der Waals surface area (Å²) in [6.07, 6.45) is -0.0206. The van der Waals surface area contributed by atoms with Gasteiger partial charge in [0.2, 0.25) is 0 Å². The van der Waals surface area contributed by atoms with Crippen LogP contribution in [0.5, 0.6) is 0 Å². The zero-order valence-corrected chi connectivity index (χ0v) is 14.8. The number of ketones is 1. The van der Waals surface area contributed by atoms with Crippen LogP contribution in [0.2, 0.25) is 0 Å². The number of carbonyl (C=O) groups is 2. The van der Waals surface area contributed by atoms with Crippen molar-refractivity contribution in [3.8, 4) is 17.2 Å². The molecular formula is C23H17NO3. The predicted octanol–water partition coefficient (Wildman–Crippen LogP) is 4.66. The smallest absolute Gasteiger partial charge is 0.336 e. The summed E-state index contributed by atoms with van der Waals surface area (Å²) >= 11 is 0. The molecule has 3 aromatic rings. The van der Waals surface area contributed by atoms with Crippen LogP contribution in [0, 0.1) is 18.3 Å². The lowest BCUT2D eigenvalue weighted by molar-refractivity contribution is 0.0697. The van der Waals surface area contributed by atoms with E-state index in [0.717, 1.165) is 11.1 Å². The molecule has 0 bridgehead atoms. The third kappa shape index (κ3) is 3.94. The number of aryl methyl sites for hydroxylation is 1. The summed E-state index contributed by atoms with van der Waals surface area (Å²) in [4.78, 5) is 24.5. The van der Waals surface area contributed by atoms with Gasteiger partial charge in [0, 0.05) is 12.0 Å². The average molecular weight is 355 g/mol. The first-order chi connectivity index (χ1) is 13.0. The summed E-state index contributed by atoms with van der Waals surface area (Å²) in [5.74, 6) is -1.25. The first-order valence-corrected chi connectivity index (χ1v) is 8.45. The number of Topliss-reactive ketones (excluding diaryl/α,β-unsaturated/α-hetero) is 1. The summed E-state index contributed by atoms with van der Waals surface area (Å²) in [5, 5.41) is 18.6. The highest BCUT2D eigenvalue weighted by Gasteiger charge is 2.19. The highest BCUT2D eigenvalue weighted by Crippen LogP contribution is 2.28. The Bertz CT molecular complexity index is 1040. The summed E-state index contributed by atoms with van der Waals surface area (Å²) in [6, 6.07) is 21.1. The fourth-order valence-electron chi connectivity index (χ4n) is 2.98. The summed E-state index contributed by atoms with van der Waals surface area (Å²) in [6.45, 7) is 1.97. The third-order valence-corrected chi connectivity index (χ3v) is 4.41. The second-order valence-electron chi connectivity index (χ2n) is 6.30. The molecule has 0 aliphatic carbocycles. The lowest BCUT2D eigenvalue weighted by Gasteiger charge is -2.12. The van der Waals surface area contributed by atoms with Crippen molar-refractivity contribution in [3.05, 3.63) is 94.5 Å². The fraction of sp³-hybridized carbons (Fsp3) is 0.0870. The monoisotopic (exact) mass is 355 g/mol. The minimum Gasteiger partial charge on any atom is -0.478 e. The maximum Gasteiger partial charge on any atom is 0.336 e. The topological polar surface area (TPSA) is 78.2 Å². The molecule has 0 unspecified atom stereocenters. The van der Waals surface area contributed by atoms with E-state index in [1.807, 2.05) is 37.3 Å². The number of benzene rings is 3. The molecule has 0 saturated heterocycles. The molecular weight excluding hydrogens is 338 g/mol. The lowest BCUT2D eigenvalue weighted by atomic mass is 9.91. The van der Waals surface area contributed by atoms with Crippen molar-refractivity contribution in [2.75, 3.05) is 0 Å². The molecule has 0 radical (unpaired) electrons. The number of carboxylic acids is 1. The Balaban J connectivity index is 1.98. The van der Waals surface area contributed by atoms with E-state index in [0.29, 0.717) is 22.3 Å². The van der Waals surface area contributed by atoms with E-state index in [9.17, 15) is 14.7 Å². The minimum atomic E-state index is -1.06. The van der Waals surface area contributed by atoms with E-state index in [4.69, 9.17) is 5.26 Å². The van der Waals surface area contributed by atoms with Gasteiger partial charge < -0.3 is 5.11 Å². The van der Waals surface area contributed by atoms with E-state index in [1.165, 1.54) is 0 Å². The summed E-state index contributed by atoms with van der Waals surface area (Å²) < 4.78 is 0. The highest BCUT2D eigenvalue weighted by atomic mass is 16.4. The zero-order valence-electron chi connectivity index (χ0n) is 14.8. The molecule has 0 spiro atoms. The van der Waals surface area contributed by atoms with Gasteiger partial charge in [-0.05, 0) is 35.7 Å². The molecule has 4 heteroatoms. The van der Waals surface area contributed by atoms with Crippen molar-refractivity contribution in [1.82, 2.24) is 0 Å². The quantitative estimate of drug-likeness (QED) is 0.675. The van der Waals surface area contributed by atoms with Crippen LogP contribution in [-0.2, 0) is 6.42 Å². The molecule has 0 heterocycles. The van der Waals surface area contributed by atoms with Crippen LogP contribution in [0.1, 0.15) is 37.4 Å². The highest BCUT2D eigenvalue weighted by molar-refractivity contribution is 6.02. The van der Waals surface area contributed by atoms with Gasteiger partial charge in [-0.3, -0.25) is 4.79 Å². The van der Waals surface area contributed by atoms with Crippen molar-refractivity contribution < 1.29 is 14.7 Å². The van der Waals surface area contributed by atoms with Crippen LogP contribution in [-0.4, -0.2) is 16.9 Å². The van der Waals surface area contributed by atoms with Gasteiger partial charge in [0.1, 0.15) is 0 Å². The van der Waals surface area contributed by atoms with Crippen molar-refractivity contribution in [1.29, 1.82) is 5.26 Å². The lowest BCUT2D eigenvalue weighted by Crippen LogP contribution is -2.10. The largest absolute Gasteiger partial charge is 0.478 e. The molecule has 0 saturated carbocycles. The van der Waals surface area contributed by atoms with Crippen LogP contribution in [0.25, 0.3) is 11.1 Å². The van der Waals surface area contributed by atoms with Gasteiger partial charge in [-0.25, -0.2) is 4.79 Å². The standard InChI is InChI=1S/C23H17NO3/c1-15-5-9-17(10-6-15)20-4-2-3-19(22(20)23(26)27)13-21(25)18-11-7-16(14-24)8-12-18/h2-12H,13H2,1H3,(H,26,27). The van der Waals surface area contributed by atoms with Crippen LogP contribution < -0.4 is 0 Å². The van der Waals surface area contributed by atoms with Crippen molar-refractivity contribution in [2.24, 2.45) is 0 Å². The number of nitrogens with zero attached hydrogens (tertiary/aromatic N) is 1. The third-order valence-electron chi connectivity index (χ3n) is 4.41. The van der Waals surface area contributed by atoms with E-state index in [-0.39, 0.29) is 17.8 Å². The number of carboxylic acid groups (broad SMARTS) is 1. The van der Waals surface area contributed by atoms with Gasteiger partial charge in [0.25, 0.3) is 0 Å². The first kappa shape index (κ1) is 18.1. The van der Waals surface area contributed by atoms with E-state index < -0.39 is 5.97 Å². The SMILES string of the molecule is Cc1ccc(-c2cccc(CC(=O)c3ccc(C#N)cc3)c2C(=O)O)cc1. The van der Waals surface area contributed by atoms with Crippen molar-refractivity contribution in [2.45, 2.75) is 13.3 Å². The molecule has 0 amide bonds. The van der Waals surface area contributed by atoms with Gasteiger partial charge in [-0.2, -0.15) is 5.26 Å². The van der Waals surface area contributed by atoms with Crippen LogP contribution in [0.15, 0.2) is 66.7 Å². The predicted molar refractivity (Wildman–Crippen MR) is 103 cm³/mol. The number of carbonyl (C=O) groups excluding carboxylic acids is 1. The normalized spacial score (nSPS) is 10.2. The molecule has 0 aliphatic rings. The van der Waals surface area contributed by atoms with Crippen LogP contribution in [0.4, 0.5) is 0 Å². The van der Waals surface area contributed by atoms with Gasteiger partial charge in [-0.1, -0.05) is 60.2 Å². The van der Waals surface area contributed by atoms with Crippen LogP contribution >= 0.6 is 0 Å². The summed E-state index contributed by atoms with van der Waals surface area (Å²) in [5.41, 5.74) is 4.00. The zero-order chi connectivity index (χ0) is 19.4. The Morgan fingerprint density at radius 1 is 0.963 bits per heavy atom. The molecule has 3 rings (SSSR count). The Labute approximate surface area is 157 Å². The maximum atomic E-state index is 12.6. The molecule has 3 aromatic carbocycles. The van der Waals surface area contributed by atoms with Gasteiger partial charge in [-0.15, -0.1) is 0 Å². The molecule has 27 heavy (non-hydrogen) atoms. The Hall–Kier alpha value is -3.71. The van der Waals surface area contributed by atoms with Gasteiger partial charge in [0.05, 0.1) is 17.2 Å². The Morgan fingerprint density at radius 3 is 2.22 bits per heavy atom. The number of hydrogen-bond acceptors (Lipinski definition) is 3. The summed E-state index contributed by atoms with van der Waals surface area (Å²) in [7, 11) is 0.